The van der Waals surface area contributed by atoms with Crippen molar-refractivity contribution in [1.82, 2.24) is 10.6 Å². The fourth-order valence-electron chi connectivity index (χ4n) is 2.99. The highest BCUT2D eigenvalue weighted by Crippen LogP contribution is 2.24. The Bertz CT molecular complexity index is 803. The van der Waals surface area contributed by atoms with Gasteiger partial charge in [0, 0.05) is 37.8 Å². The van der Waals surface area contributed by atoms with Gasteiger partial charge in [-0.3, -0.25) is 14.4 Å². The number of rotatable bonds is 5. The van der Waals surface area contributed by atoms with Crippen LogP contribution in [0.15, 0.2) is 54.6 Å². The molecule has 0 radical (unpaired) electrons. The van der Waals surface area contributed by atoms with Crippen LogP contribution in [0, 0.1) is 5.92 Å². The minimum Gasteiger partial charge on any atom is -0.355 e. The molecular formula is C20H21N3O3. The van der Waals surface area contributed by atoms with E-state index in [4.69, 9.17) is 0 Å². The largest absolute Gasteiger partial charge is 0.355 e. The Balaban J connectivity index is 1.56. The molecule has 6 nitrogen and oxygen atoms in total. The van der Waals surface area contributed by atoms with E-state index in [1.807, 2.05) is 30.3 Å². The van der Waals surface area contributed by atoms with Gasteiger partial charge in [-0.2, -0.15) is 0 Å². The molecule has 0 aromatic heterocycles. The van der Waals surface area contributed by atoms with Crippen LogP contribution in [0.1, 0.15) is 22.3 Å². The number of para-hydroxylation sites is 1. The van der Waals surface area contributed by atoms with E-state index in [0.717, 1.165) is 11.3 Å². The molecule has 1 heterocycles. The summed E-state index contributed by atoms with van der Waals surface area (Å²) < 4.78 is 0. The maximum Gasteiger partial charge on any atom is 0.251 e. The average molecular weight is 351 g/mol. The van der Waals surface area contributed by atoms with Gasteiger partial charge in [0.15, 0.2) is 0 Å². The lowest BCUT2D eigenvalue weighted by molar-refractivity contribution is -0.126. The van der Waals surface area contributed by atoms with Crippen LogP contribution in [0.3, 0.4) is 0 Å². The van der Waals surface area contributed by atoms with Crippen LogP contribution in [-0.4, -0.2) is 31.3 Å². The molecular weight excluding hydrogens is 330 g/mol. The molecule has 0 bridgehead atoms. The fourth-order valence-corrected chi connectivity index (χ4v) is 2.99. The van der Waals surface area contributed by atoms with Gasteiger partial charge in [-0.25, -0.2) is 0 Å². The molecule has 2 N–H and O–H groups in total. The van der Waals surface area contributed by atoms with Gasteiger partial charge in [-0.15, -0.1) is 0 Å². The van der Waals surface area contributed by atoms with E-state index in [1.54, 1.807) is 36.2 Å². The smallest absolute Gasteiger partial charge is 0.251 e. The molecule has 0 aliphatic carbocycles. The third-order valence-electron chi connectivity index (χ3n) is 4.47. The van der Waals surface area contributed by atoms with E-state index in [-0.39, 0.29) is 30.1 Å². The minimum absolute atomic E-state index is 0.0359. The lowest BCUT2D eigenvalue weighted by Crippen LogP contribution is -2.32. The molecule has 1 atom stereocenters. The fraction of sp³-hybridized carbons (Fsp3) is 0.250. The second-order valence-electron chi connectivity index (χ2n) is 6.23. The number of carbonyl (C=O) groups excluding carboxylic acids is 3. The molecule has 3 rings (SSSR count). The molecule has 6 heteroatoms. The number of nitrogens with one attached hydrogen (secondary N) is 2. The van der Waals surface area contributed by atoms with Crippen molar-refractivity contribution < 1.29 is 14.4 Å². The molecule has 134 valence electrons. The number of amides is 3. The summed E-state index contributed by atoms with van der Waals surface area (Å²) in [5.41, 5.74) is 2.29. The van der Waals surface area contributed by atoms with Crippen LogP contribution >= 0.6 is 0 Å². The lowest BCUT2D eigenvalue weighted by Gasteiger charge is -2.16. The Morgan fingerprint density at radius 3 is 2.42 bits per heavy atom. The zero-order chi connectivity index (χ0) is 18.5. The topological polar surface area (TPSA) is 78.5 Å². The van der Waals surface area contributed by atoms with Crippen LogP contribution in [0.5, 0.6) is 0 Å². The summed E-state index contributed by atoms with van der Waals surface area (Å²) in [5.74, 6) is -0.669. The first-order valence-electron chi connectivity index (χ1n) is 8.52. The Morgan fingerprint density at radius 2 is 1.77 bits per heavy atom. The van der Waals surface area contributed by atoms with Gasteiger partial charge < -0.3 is 15.5 Å². The zero-order valence-electron chi connectivity index (χ0n) is 14.6. The Hall–Kier alpha value is -3.15. The monoisotopic (exact) mass is 351 g/mol. The van der Waals surface area contributed by atoms with Crippen LogP contribution in [-0.2, 0) is 16.1 Å². The summed E-state index contributed by atoms with van der Waals surface area (Å²) >= 11 is 0. The molecule has 1 saturated heterocycles. The van der Waals surface area contributed by atoms with E-state index in [9.17, 15) is 14.4 Å². The van der Waals surface area contributed by atoms with Crippen molar-refractivity contribution in [2.24, 2.45) is 5.92 Å². The first-order chi connectivity index (χ1) is 12.6. The normalized spacial score (nSPS) is 16.4. The van der Waals surface area contributed by atoms with E-state index < -0.39 is 0 Å². The molecule has 1 aliphatic heterocycles. The summed E-state index contributed by atoms with van der Waals surface area (Å²) in [6.07, 6.45) is 0.219. The van der Waals surface area contributed by atoms with Crippen molar-refractivity contribution in [1.29, 1.82) is 0 Å². The summed E-state index contributed by atoms with van der Waals surface area (Å²) in [5, 5.41) is 5.44. The third-order valence-corrected chi connectivity index (χ3v) is 4.47. The van der Waals surface area contributed by atoms with E-state index in [1.165, 1.54) is 0 Å². The van der Waals surface area contributed by atoms with Crippen molar-refractivity contribution >= 4 is 23.4 Å². The maximum absolute atomic E-state index is 12.4. The van der Waals surface area contributed by atoms with Gasteiger partial charge in [-0.05, 0) is 29.8 Å². The number of benzene rings is 2. The van der Waals surface area contributed by atoms with Gasteiger partial charge in [0.25, 0.3) is 5.91 Å². The summed E-state index contributed by atoms with van der Waals surface area (Å²) in [4.78, 5) is 37.8. The van der Waals surface area contributed by atoms with Crippen LogP contribution < -0.4 is 15.5 Å². The Labute approximate surface area is 152 Å². The Morgan fingerprint density at radius 1 is 1.08 bits per heavy atom. The predicted molar refractivity (Wildman–Crippen MR) is 98.6 cm³/mol. The van der Waals surface area contributed by atoms with Gasteiger partial charge in [0.05, 0.1) is 5.92 Å². The third kappa shape index (κ3) is 3.91. The Kier molecular flexibility index (Phi) is 5.31. The van der Waals surface area contributed by atoms with E-state index in [2.05, 4.69) is 10.6 Å². The number of hydrogen-bond donors (Lipinski definition) is 2. The zero-order valence-corrected chi connectivity index (χ0v) is 14.6. The first-order valence-corrected chi connectivity index (χ1v) is 8.52. The van der Waals surface area contributed by atoms with E-state index >= 15 is 0 Å². The summed E-state index contributed by atoms with van der Waals surface area (Å²) in [6.45, 7) is 0.757. The second-order valence-corrected chi connectivity index (χ2v) is 6.23. The molecule has 3 amide bonds. The second kappa shape index (κ2) is 7.82. The number of carbonyl (C=O) groups is 3. The maximum atomic E-state index is 12.4. The highest BCUT2D eigenvalue weighted by molar-refractivity contribution is 6.00. The van der Waals surface area contributed by atoms with Crippen LogP contribution in [0.2, 0.25) is 0 Å². The van der Waals surface area contributed by atoms with Crippen molar-refractivity contribution in [3.63, 3.8) is 0 Å². The van der Waals surface area contributed by atoms with Gasteiger partial charge >= 0.3 is 0 Å². The van der Waals surface area contributed by atoms with Crippen molar-refractivity contribution in [3.8, 4) is 0 Å². The minimum atomic E-state index is -0.354. The predicted octanol–water partition coefficient (Wildman–Crippen LogP) is 1.72. The van der Waals surface area contributed by atoms with Gasteiger partial charge in [0.2, 0.25) is 11.8 Å². The van der Waals surface area contributed by atoms with Gasteiger partial charge in [-0.1, -0.05) is 30.3 Å². The SMILES string of the molecule is CNC(=O)c1ccc(CNC(=O)C2CC(=O)N(c3ccccc3)C2)cc1. The van der Waals surface area contributed by atoms with Crippen molar-refractivity contribution in [2.75, 3.05) is 18.5 Å². The first kappa shape index (κ1) is 17.7. The molecule has 1 fully saturated rings. The molecule has 0 spiro atoms. The lowest BCUT2D eigenvalue weighted by atomic mass is 10.1. The van der Waals surface area contributed by atoms with Crippen LogP contribution in [0.25, 0.3) is 0 Å². The average Bonchev–Trinajstić information content (AvgIpc) is 3.08. The van der Waals surface area contributed by atoms with Crippen molar-refractivity contribution in [3.05, 3.63) is 65.7 Å². The molecule has 1 aliphatic rings. The van der Waals surface area contributed by atoms with E-state index in [0.29, 0.717) is 18.7 Å². The van der Waals surface area contributed by atoms with Gasteiger partial charge in [0.1, 0.15) is 0 Å². The highest BCUT2D eigenvalue weighted by atomic mass is 16.2. The quantitative estimate of drug-likeness (QED) is 0.861. The number of anilines is 1. The summed E-state index contributed by atoms with van der Waals surface area (Å²) in [7, 11) is 1.58. The number of nitrogens with zero attached hydrogens (tertiary/aromatic N) is 1. The van der Waals surface area contributed by atoms with Crippen LogP contribution in [0.4, 0.5) is 5.69 Å². The molecule has 0 saturated carbocycles. The molecule has 26 heavy (non-hydrogen) atoms. The van der Waals surface area contributed by atoms with Crippen molar-refractivity contribution in [2.45, 2.75) is 13.0 Å². The molecule has 2 aromatic carbocycles. The summed E-state index contributed by atoms with van der Waals surface area (Å²) in [6, 6.07) is 16.4. The standard InChI is InChI=1S/C20H21N3O3/c1-21-19(25)15-9-7-14(8-10-15)12-22-20(26)16-11-18(24)23(13-16)17-5-3-2-4-6-17/h2-10,16H,11-13H2,1H3,(H,21,25)(H,22,26). The molecule has 2 aromatic rings. The molecule has 1 unspecified atom stereocenters. The highest BCUT2D eigenvalue weighted by Gasteiger charge is 2.34. The number of hydrogen-bond acceptors (Lipinski definition) is 3.